The summed E-state index contributed by atoms with van der Waals surface area (Å²) >= 11 is 0. The molecule has 0 radical (unpaired) electrons. The smallest absolute Gasteiger partial charge is 0.270 e. The molecule has 0 saturated heterocycles. The second-order valence-electron chi connectivity index (χ2n) is 4.40. The van der Waals surface area contributed by atoms with Crippen LogP contribution in [0.15, 0.2) is 25.3 Å². The van der Waals surface area contributed by atoms with Crippen LogP contribution in [0.5, 0.6) is 0 Å². The Kier molecular flexibility index (Phi) is 9.01. The lowest BCUT2D eigenvalue weighted by Gasteiger charge is -2.28. The molecule has 0 aliphatic heterocycles. The van der Waals surface area contributed by atoms with Gasteiger partial charge in [-0.15, -0.1) is 23.6 Å². The van der Waals surface area contributed by atoms with E-state index in [1.54, 1.807) is 5.11 Å². The van der Waals surface area contributed by atoms with Crippen molar-refractivity contribution in [1.82, 2.24) is 0 Å². The lowest BCUT2D eigenvalue weighted by molar-refractivity contribution is -0.217. The number of rotatable bonds is 9. The van der Waals surface area contributed by atoms with Crippen molar-refractivity contribution in [1.29, 1.82) is 0 Å². The van der Waals surface area contributed by atoms with Gasteiger partial charge in [-0.05, 0) is 27.7 Å². The second-order valence-corrected chi connectivity index (χ2v) is 8.49. The van der Waals surface area contributed by atoms with E-state index in [1.807, 2.05) is 39.8 Å². The highest BCUT2D eigenvalue weighted by molar-refractivity contribution is 8.22. The SMILES string of the molecule is C=CCS(=C[P+]([O-])(OC(C)C)OC(C)C)CC=C. The first-order valence-corrected chi connectivity index (χ1v) is 9.27. The van der Waals surface area contributed by atoms with Crippen LogP contribution in [-0.4, -0.2) is 28.8 Å². The first kappa shape index (κ1) is 18.0. The molecule has 0 spiro atoms. The van der Waals surface area contributed by atoms with Gasteiger partial charge in [-0.1, -0.05) is 12.2 Å². The average Bonchev–Trinajstić information content (AvgIpc) is 2.14. The van der Waals surface area contributed by atoms with Gasteiger partial charge < -0.3 is 4.89 Å². The molecule has 0 aromatic rings. The van der Waals surface area contributed by atoms with E-state index >= 15 is 0 Å². The lowest BCUT2D eigenvalue weighted by atomic mass is 10.5. The Hall–Kier alpha value is 0.0100. The minimum absolute atomic E-state index is 0.135. The fraction of sp³-hybridized carbons (Fsp3) is 0.615. The van der Waals surface area contributed by atoms with Gasteiger partial charge in [0, 0.05) is 11.5 Å². The van der Waals surface area contributed by atoms with Crippen LogP contribution >= 0.6 is 18.4 Å². The molecule has 0 aromatic heterocycles. The van der Waals surface area contributed by atoms with Crippen LogP contribution < -0.4 is 4.89 Å². The quantitative estimate of drug-likeness (QED) is 0.372. The van der Waals surface area contributed by atoms with Gasteiger partial charge in [-0.3, -0.25) is 0 Å². The molecule has 0 bridgehead atoms. The molecule has 0 N–H and O–H groups in total. The second kappa shape index (κ2) is 9.00. The fourth-order valence-corrected chi connectivity index (χ4v) is 5.81. The van der Waals surface area contributed by atoms with Crippen LogP contribution in [-0.2, 0) is 9.05 Å². The zero-order chi connectivity index (χ0) is 14.2. The zero-order valence-electron chi connectivity index (χ0n) is 11.8. The Morgan fingerprint density at radius 2 is 1.44 bits per heavy atom. The molecule has 0 atom stereocenters. The van der Waals surface area contributed by atoms with Gasteiger partial charge >= 0.3 is 0 Å². The summed E-state index contributed by atoms with van der Waals surface area (Å²) in [7, 11) is -3.36. The topological polar surface area (TPSA) is 41.5 Å². The fourth-order valence-electron chi connectivity index (χ4n) is 1.30. The third kappa shape index (κ3) is 8.17. The zero-order valence-corrected chi connectivity index (χ0v) is 13.5. The molecule has 0 aliphatic carbocycles. The standard InChI is InChI=1S/C13H25O3PS/c1-7-9-18(10-8-2)11-17(14,15-12(3)4)16-13(5)6/h7-8,11-13H,1-2,9-10H2,3-6H3. The summed E-state index contributed by atoms with van der Waals surface area (Å²) in [6.07, 6.45) is 3.36. The van der Waals surface area contributed by atoms with Gasteiger partial charge in [0.1, 0.15) is 5.11 Å². The van der Waals surface area contributed by atoms with E-state index in [2.05, 4.69) is 13.2 Å². The van der Waals surface area contributed by atoms with Gasteiger partial charge in [0.05, 0.1) is 12.2 Å². The molecule has 0 amide bonds. The lowest BCUT2D eigenvalue weighted by Crippen LogP contribution is -2.23. The highest BCUT2D eigenvalue weighted by Gasteiger charge is 2.31. The van der Waals surface area contributed by atoms with E-state index in [-0.39, 0.29) is 22.7 Å². The minimum Gasteiger partial charge on any atom is -0.627 e. The van der Waals surface area contributed by atoms with Crippen molar-refractivity contribution in [2.45, 2.75) is 39.9 Å². The van der Waals surface area contributed by atoms with E-state index in [1.165, 1.54) is 0 Å². The molecule has 106 valence electrons. The predicted octanol–water partition coefficient (Wildman–Crippen LogP) is 3.36. The van der Waals surface area contributed by atoms with Gasteiger partial charge in [0.25, 0.3) is 7.94 Å². The van der Waals surface area contributed by atoms with Gasteiger partial charge in [0.2, 0.25) is 0 Å². The number of hydrogen-bond acceptors (Lipinski definition) is 3. The molecular formula is C13H25O3PS. The van der Waals surface area contributed by atoms with E-state index in [0.717, 1.165) is 11.5 Å². The summed E-state index contributed by atoms with van der Waals surface area (Å²) in [5.74, 6) is 1.53. The minimum atomic E-state index is -3.16. The molecule has 3 nitrogen and oxygen atoms in total. The summed E-state index contributed by atoms with van der Waals surface area (Å²) in [4.78, 5) is 12.6. The molecule has 0 aromatic carbocycles. The van der Waals surface area contributed by atoms with Crippen molar-refractivity contribution in [3.63, 3.8) is 0 Å². The molecule has 18 heavy (non-hydrogen) atoms. The molecule has 0 heterocycles. The Bertz CT molecular complexity index is 279. The first-order valence-electron chi connectivity index (χ1n) is 6.03. The maximum atomic E-state index is 12.6. The summed E-state index contributed by atoms with van der Waals surface area (Å²) in [6, 6.07) is 0. The molecule has 5 heteroatoms. The van der Waals surface area contributed by atoms with E-state index in [4.69, 9.17) is 9.05 Å². The van der Waals surface area contributed by atoms with Gasteiger partial charge in [-0.2, -0.15) is 0 Å². The van der Waals surface area contributed by atoms with Crippen LogP contribution in [0.2, 0.25) is 0 Å². The molecule has 0 saturated carbocycles. The normalized spacial score (nSPS) is 12.2. The highest BCUT2D eigenvalue weighted by atomic mass is 32.2. The first-order chi connectivity index (χ1) is 8.33. The summed E-state index contributed by atoms with van der Waals surface area (Å²) in [5.41, 5.74) is 0. The Morgan fingerprint density at radius 1 is 1.06 bits per heavy atom. The predicted molar refractivity (Wildman–Crippen MR) is 83.1 cm³/mol. The third-order valence-electron chi connectivity index (χ3n) is 1.66. The van der Waals surface area contributed by atoms with Crippen LogP contribution in [0.4, 0.5) is 0 Å². The van der Waals surface area contributed by atoms with Gasteiger partial charge in [0.15, 0.2) is 0 Å². The maximum Gasteiger partial charge on any atom is 0.270 e. The average molecular weight is 292 g/mol. The monoisotopic (exact) mass is 292 g/mol. The van der Waals surface area contributed by atoms with Crippen LogP contribution in [0, 0.1) is 0 Å². The van der Waals surface area contributed by atoms with Crippen LogP contribution in [0.3, 0.4) is 0 Å². The van der Waals surface area contributed by atoms with Crippen molar-refractivity contribution in [3.8, 4) is 0 Å². The summed E-state index contributed by atoms with van der Waals surface area (Å²) < 4.78 is 11.0. The summed E-state index contributed by atoms with van der Waals surface area (Å²) in [5, 5.41) is 1.72. The van der Waals surface area contributed by atoms with Crippen molar-refractivity contribution >= 4 is 23.5 Å². The molecule has 0 rings (SSSR count). The van der Waals surface area contributed by atoms with Crippen molar-refractivity contribution in [3.05, 3.63) is 25.3 Å². The Balaban J connectivity index is 5.06. The van der Waals surface area contributed by atoms with Gasteiger partial charge in [-0.25, -0.2) is 9.05 Å². The molecule has 0 fully saturated rings. The van der Waals surface area contributed by atoms with Crippen molar-refractivity contribution < 1.29 is 13.9 Å². The third-order valence-corrected chi connectivity index (χ3v) is 6.64. The van der Waals surface area contributed by atoms with Crippen molar-refractivity contribution in [2.24, 2.45) is 0 Å². The summed E-state index contributed by atoms with van der Waals surface area (Å²) in [6.45, 7) is 14.8. The van der Waals surface area contributed by atoms with E-state index in [9.17, 15) is 4.89 Å². The highest BCUT2D eigenvalue weighted by Crippen LogP contribution is 2.54. The Morgan fingerprint density at radius 3 is 1.72 bits per heavy atom. The molecular weight excluding hydrogens is 267 g/mol. The van der Waals surface area contributed by atoms with Crippen LogP contribution in [0.1, 0.15) is 27.7 Å². The largest absolute Gasteiger partial charge is 0.627 e. The maximum absolute atomic E-state index is 12.6. The van der Waals surface area contributed by atoms with Crippen molar-refractivity contribution in [2.75, 3.05) is 11.5 Å². The van der Waals surface area contributed by atoms with E-state index in [0.29, 0.717) is 0 Å². The molecule has 0 unspecified atom stereocenters. The Labute approximate surface area is 114 Å². The molecule has 0 aliphatic rings. The van der Waals surface area contributed by atoms with E-state index < -0.39 is 7.94 Å². The van der Waals surface area contributed by atoms with Crippen LogP contribution in [0.25, 0.3) is 0 Å². The number of hydrogen-bond donors (Lipinski definition) is 0.